The summed E-state index contributed by atoms with van der Waals surface area (Å²) in [5.74, 6) is 0.173. The Labute approximate surface area is 64.9 Å². The molecular weight excluding hydrogens is 146 g/mol. The van der Waals surface area contributed by atoms with E-state index in [1.165, 1.54) is 0 Å². The van der Waals surface area contributed by atoms with E-state index < -0.39 is 0 Å². The summed E-state index contributed by atoms with van der Waals surface area (Å²) in [5, 5.41) is 22.9. The second-order valence-corrected chi connectivity index (χ2v) is 2.79. The molecule has 0 spiro atoms. The highest BCUT2D eigenvalue weighted by molar-refractivity contribution is 5.81. The van der Waals surface area contributed by atoms with Gasteiger partial charge >= 0.3 is 0 Å². The fraction of sp³-hybridized carbons (Fsp3) is 0.833. The van der Waals surface area contributed by atoms with Crippen molar-refractivity contribution in [3.8, 4) is 0 Å². The molecule has 0 saturated heterocycles. The predicted molar refractivity (Wildman–Crippen MR) is 40.4 cm³/mol. The number of nitrogens with two attached hydrogens (primary N) is 1. The molecule has 0 unspecified atom stereocenters. The van der Waals surface area contributed by atoms with Gasteiger partial charge in [-0.15, -0.1) is 0 Å². The van der Waals surface area contributed by atoms with Crippen LogP contribution in [-0.4, -0.2) is 34.8 Å². The molecule has 0 aromatic carbocycles. The highest BCUT2D eigenvalue weighted by atomic mass is 16.4. The Morgan fingerprint density at radius 2 is 2.27 bits per heavy atom. The Morgan fingerprint density at radius 3 is 2.73 bits per heavy atom. The maximum absolute atomic E-state index is 8.89. The van der Waals surface area contributed by atoms with Crippen molar-refractivity contribution in [2.24, 2.45) is 10.9 Å². The summed E-state index contributed by atoms with van der Waals surface area (Å²) in [4.78, 5) is 0. The van der Waals surface area contributed by atoms with Gasteiger partial charge in [-0.1, -0.05) is 5.16 Å². The molecule has 0 aromatic heterocycles. The summed E-state index contributed by atoms with van der Waals surface area (Å²) in [5.41, 5.74) is 5.21. The van der Waals surface area contributed by atoms with Gasteiger partial charge in [0.1, 0.15) is 0 Å². The lowest BCUT2D eigenvalue weighted by atomic mass is 9.89. The molecule has 1 fully saturated rings. The van der Waals surface area contributed by atoms with Gasteiger partial charge < -0.3 is 21.4 Å². The summed E-state index contributed by atoms with van der Waals surface area (Å²) in [7, 11) is 0. The van der Waals surface area contributed by atoms with Crippen LogP contribution < -0.4 is 11.1 Å². The highest BCUT2D eigenvalue weighted by Crippen LogP contribution is 2.18. The summed E-state index contributed by atoms with van der Waals surface area (Å²) < 4.78 is 0. The molecular formula is C6H13N3O2. The van der Waals surface area contributed by atoms with Gasteiger partial charge in [0, 0.05) is 6.04 Å². The van der Waals surface area contributed by atoms with Crippen molar-refractivity contribution in [2.45, 2.75) is 25.0 Å². The van der Waals surface area contributed by atoms with Crippen molar-refractivity contribution in [3.63, 3.8) is 0 Å². The monoisotopic (exact) mass is 159 g/mol. The first-order valence-electron chi connectivity index (χ1n) is 3.60. The smallest absolute Gasteiger partial charge is 0.153 e. The van der Waals surface area contributed by atoms with E-state index in [4.69, 9.17) is 16.0 Å². The Hall–Kier alpha value is -0.810. The lowest BCUT2D eigenvalue weighted by molar-refractivity contribution is 0.0644. The average molecular weight is 159 g/mol. The number of aliphatic hydroxyl groups excluding tert-OH is 1. The fourth-order valence-corrected chi connectivity index (χ4v) is 1.04. The van der Waals surface area contributed by atoms with Gasteiger partial charge in [-0.2, -0.15) is 0 Å². The first-order valence-corrected chi connectivity index (χ1v) is 3.60. The maximum atomic E-state index is 8.89. The van der Waals surface area contributed by atoms with Crippen LogP contribution in [0.5, 0.6) is 0 Å². The minimum atomic E-state index is -0.167. The molecule has 0 atom stereocenters. The zero-order chi connectivity index (χ0) is 8.27. The molecule has 0 bridgehead atoms. The van der Waals surface area contributed by atoms with Gasteiger partial charge in [0.2, 0.25) is 0 Å². The molecule has 5 heteroatoms. The van der Waals surface area contributed by atoms with Gasteiger partial charge in [0.25, 0.3) is 0 Å². The third-order valence-electron chi connectivity index (χ3n) is 1.81. The summed E-state index contributed by atoms with van der Waals surface area (Å²) in [6.45, 7) is 0.383. The average Bonchev–Trinajstić information content (AvgIpc) is 1.95. The molecule has 1 aliphatic carbocycles. The number of hydrogen-bond acceptors (Lipinski definition) is 4. The van der Waals surface area contributed by atoms with E-state index in [1.54, 1.807) is 0 Å². The van der Waals surface area contributed by atoms with Crippen molar-refractivity contribution in [1.82, 2.24) is 5.32 Å². The van der Waals surface area contributed by atoms with Crippen molar-refractivity contribution in [3.05, 3.63) is 0 Å². The Balaban J connectivity index is 2.05. The minimum Gasteiger partial charge on any atom is -0.409 e. The van der Waals surface area contributed by atoms with Crippen LogP contribution in [0.3, 0.4) is 0 Å². The summed E-state index contributed by atoms with van der Waals surface area (Å²) in [6.07, 6.45) is 1.36. The molecule has 0 heterocycles. The van der Waals surface area contributed by atoms with E-state index in [2.05, 4.69) is 10.5 Å². The minimum absolute atomic E-state index is 0.167. The van der Waals surface area contributed by atoms with Crippen LogP contribution >= 0.6 is 0 Å². The van der Waals surface area contributed by atoms with Crippen LogP contribution in [0.25, 0.3) is 0 Å². The molecule has 0 aliphatic heterocycles. The normalized spacial score (nSPS) is 31.5. The molecule has 1 saturated carbocycles. The first-order chi connectivity index (χ1) is 5.22. The lowest BCUT2D eigenvalue weighted by Gasteiger charge is -2.31. The molecule has 5 N–H and O–H groups in total. The quantitative estimate of drug-likeness (QED) is 0.181. The number of nitrogens with zero attached hydrogens (tertiary/aromatic N) is 1. The van der Waals surface area contributed by atoms with Gasteiger partial charge in [-0.25, -0.2) is 0 Å². The number of hydrogen-bond donors (Lipinski definition) is 4. The predicted octanol–water partition coefficient (Wildman–Crippen LogP) is -1.15. The van der Waals surface area contributed by atoms with Crippen molar-refractivity contribution >= 4 is 5.84 Å². The number of nitrogens with one attached hydrogen (secondary N) is 1. The SMILES string of the molecule is NC(CNC1CC(O)C1)=NO. The zero-order valence-electron chi connectivity index (χ0n) is 6.20. The van der Waals surface area contributed by atoms with Crippen LogP contribution in [0.15, 0.2) is 5.16 Å². The molecule has 0 aromatic rings. The molecule has 0 radical (unpaired) electrons. The number of oxime groups is 1. The van der Waals surface area contributed by atoms with Crippen molar-refractivity contribution < 1.29 is 10.3 Å². The zero-order valence-corrected chi connectivity index (χ0v) is 6.20. The fourth-order valence-electron chi connectivity index (χ4n) is 1.04. The molecule has 1 rings (SSSR count). The van der Waals surface area contributed by atoms with Crippen LogP contribution in [0.2, 0.25) is 0 Å². The van der Waals surface area contributed by atoms with E-state index in [-0.39, 0.29) is 11.9 Å². The van der Waals surface area contributed by atoms with Crippen molar-refractivity contribution in [2.75, 3.05) is 6.54 Å². The first kappa shape index (κ1) is 8.29. The van der Waals surface area contributed by atoms with Gasteiger partial charge in [0.15, 0.2) is 5.84 Å². The van der Waals surface area contributed by atoms with Gasteiger partial charge in [-0.3, -0.25) is 0 Å². The number of rotatable bonds is 3. The maximum Gasteiger partial charge on any atom is 0.153 e. The number of aliphatic hydroxyl groups is 1. The molecule has 11 heavy (non-hydrogen) atoms. The van der Waals surface area contributed by atoms with E-state index in [0.717, 1.165) is 12.8 Å². The third-order valence-corrected chi connectivity index (χ3v) is 1.81. The van der Waals surface area contributed by atoms with E-state index in [9.17, 15) is 0 Å². The van der Waals surface area contributed by atoms with Gasteiger partial charge in [0.05, 0.1) is 12.6 Å². The standard InChI is InChI=1S/C6H13N3O2/c7-6(9-11)3-8-4-1-5(10)2-4/h4-5,8,10-11H,1-3H2,(H2,7,9). The largest absolute Gasteiger partial charge is 0.409 e. The van der Waals surface area contributed by atoms with Crippen LogP contribution in [0.1, 0.15) is 12.8 Å². The second kappa shape index (κ2) is 3.54. The van der Waals surface area contributed by atoms with Crippen molar-refractivity contribution in [1.29, 1.82) is 0 Å². The Morgan fingerprint density at radius 1 is 1.64 bits per heavy atom. The summed E-state index contributed by atoms with van der Waals surface area (Å²) in [6, 6.07) is 0.324. The second-order valence-electron chi connectivity index (χ2n) is 2.79. The number of amidine groups is 1. The van der Waals surface area contributed by atoms with E-state index in [0.29, 0.717) is 12.6 Å². The summed E-state index contributed by atoms with van der Waals surface area (Å²) >= 11 is 0. The molecule has 1 aliphatic rings. The Kier molecular flexibility index (Phi) is 2.67. The third kappa shape index (κ3) is 2.36. The highest BCUT2D eigenvalue weighted by Gasteiger charge is 2.26. The van der Waals surface area contributed by atoms with Crippen LogP contribution in [-0.2, 0) is 0 Å². The topological polar surface area (TPSA) is 90.9 Å². The molecule has 0 amide bonds. The lowest BCUT2D eigenvalue weighted by Crippen LogP contribution is -2.46. The molecule has 64 valence electrons. The Bertz CT molecular complexity index is 154. The molecule has 5 nitrogen and oxygen atoms in total. The van der Waals surface area contributed by atoms with E-state index >= 15 is 0 Å². The van der Waals surface area contributed by atoms with E-state index in [1.807, 2.05) is 0 Å². The van der Waals surface area contributed by atoms with Crippen LogP contribution in [0.4, 0.5) is 0 Å². The van der Waals surface area contributed by atoms with Crippen LogP contribution in [0, 0.1) is 0 Å². The van der Waals surface area contributed by atoms with Gasteiger partial charge in [-0.05, 0) is 12.8 Å².